The number of Topliss-reactive ketones (excluding diaryl/α,β-unsaturated/α-hetero) is 1. The Kier molecular flexibility index (Phi) is 13.9. The number of alkyl carbamates (subject to hydrolysis) is 1. The van der Waals surface area contributed by atoms with Crippen molar-refractivity contribution in [3.05, 3.63) is 75.9 Å². The predicted octanol–water partition coefficient (Wildman–Crippen LogP) is 2.85. The highest BCUT2D eigenvalue weighted by Gasteiger charge is 2.46. The molecule has 2 aromatic rings. The quantitative estimate of drug-likeness (QED) is 0.0828. The Hall–Kier alpha value is -4.84. The van der Waals surface area contributed by atoms with Crippen molar-refractivity contribution in [3.8, 4) is 5.75 Å². The zero-order valence-corrected chi connectivity index (χ0v) is 32.7. The van der Waals surface area contributed by atoms with Gasteiger partial charge in [0.25, 0.3) is 0 Å². The first-order valence-corrected chi connectivity index (χ1v) is 19.8. The molecule has 7 N–H and O–H groups in total. The summed E-state index contributed by atoms with van der Waals surface area (Å²) in [7, 11) is 1.41. The highest BCUT2D eigenvalue weighted by molar-refractivity contribution is 6.29. The summed E-state index contributed by atoms with van der Waals surface area (Å²) in [5.41, 5.74) is 7.90. The zero-order valence-electron chi connectivity index (χ0n) is 32.7. The number of nitrogens with one attached hydrogen (secondary N) is 2. The summed E-state index contributed by atoms with van der Waals surface area (Å²) < 4.78 is 23.1. The topological polar surface area (TPSA) is 245 Å². The van der Waals surface area contributed by atoms with Gasteiger partial charge in [-0.15, -0.1) is 0 Å². The van der Waals surface area contributed by atoms with E-state index >= 15 is 0 Å². The fraction of sp³-hybridized carbons (Fsp3) is 0.524. The fourth-order valence-corrected chi connectivity index (χ4v) is 7.98. The van der Waals surface area contributed by atoms with Gasteiger partial charge in [0.05, 0.1) is 49.8 Å². The number of hydrazone groups is 1. The Morgan fingerprint density at radius 1 is 1.07 bits per heavy atom. The van der Waals surface area contributed by atoms with Crippen molar-refractivity contribution in [3.63, 3.8) is 0 Å². The zero-order chi connectivity index (χ0) is 41.6. The van der Waals surface area contributed by atoms with Gasteiger partial charge in [0.1, 0.15) is 17.5 Å². The third-order valence-corrected chi connectivity index (χ3v) is 11.2. The van der Waals surface area contributed by atoms with Crippen molar-refractivity contribution in [2.75, 3.05) is 20.3 Å². The summed E-state index contributed by atoms with van der Waals surface area (Å²) >= 11 is 0. The summed E-state index contributed by atoms with van der Waals surface area (Å²) in [5, 5.41) is 39.6. The van der Waals surface area contributed by atoms with E-state index in [0.29, 0.717) is 11.1 Å². The van der Waals surface area contributed by atoms with Crippen molar-refractivity contribution in [2.24, 2.45) is 10.8 Å². The maximum Gasteiger partial charge on any atom is 0.408 e. The van der Waals surface area contributed by atoms with E-state index < -0.39 is 66.4 Å². The first-order chi connectivity index (χ1) is 27.8. The van der Waals surface area contributed by atoms with Gasteiger partial charge in [-0.2, -0.15) is 5.10 Å². The summed E-state index contributed by atoms with van der Waals surface area (Å²) in [5.74, 6) is -1.46. The lowest BCUT2D eigenvalue weighted by Gasteiger charge is -2.42. The minimum atomic E-state index is -1.92. The van der Waals surface area contributed by atoms with Crippen LogP contribution in [0.4, 0.5) is 4.79 Å². The van der Waals surface area contributed by atoms with Crippen LogP contribution in [0.1, 0.15) is 120 Å². The number of aliphatic hydroxyl groups is 3. The van der Waals surface area contributed by atoms with Gasteiger partial charge in [-0.1, -0.05) is 24.6 Å². The molecular weight excluding hydrogens is 752 g/mol. The molecule has 6 rings (SSSR count). The van der Waals surface area contributed by atoms with Crippen molar-refractivity contribution < 1.29 is 58.2 Å². The minimum absolute atomic E-state index is 0.00131. The number of nitrogens with zero attached hydrogens (tertiary/aromatic N) is 1. The van der Waals surface area contributed by atoms with Crippen LogP contribution < -0.4 is 21.2 Å². The van der Waals surface area contributed by atoms with Crippen LogP contribution in [0, 0.1) is 0 Å². The van der Waals surface area contributed by atoms with Crippen LogP contribution in [-0.4, -0.2) is 107 Å². The molecule has 2 amide bonds. The number of fused-ring (bicyclic) bond motifs is 3. The predicted molar refractivity (Wildman–Crippen MR) is 208 cm³/mol. The lowest BCUT2D eigenvalue weighted by Crippen LogP contribution is -2.53. The summed E-state index contributed by atoms with van der Waals surface area (Å²) in [4.78, 5) is 65.2. The van der Waals surface area contributed by atoms with Crippen molar-refractivity contribution >= 4 is 35.1 Å². The van der Waals surface area contributed by atoms with E-state index in [1.54, 1.807) is 31.2 Å². The van der Waals surface area contributed by atoms with E-state index in [4.69, 9.17) is 24.7 Å². The fourth-order valence-electron chi connectivity index (χ4n) is 7.98. The van der Waals surface area contributed by atoms with Gasteiger partial charge in [-0.25, -0.2) is 10.2 Å². The van der Waals surface area contributed by atoms with E-state index in [0.717, 1.165) is 32.1 Å². The molecule has 58 heavy (non-hydrogen) atoms. The Bertz CT molecular complexity index is 1950. The number of ether oxygens (including phenoxy) is 4. The van der Waals surface area contributed by atoms with Crippen LogP contribution in [0.15, 0.2) is 47.6 Å². The highest BCUT2D eigenvalue weighted by Crippen LogP contribution is 2.44. The van der Waals surface area contributed by atoms with Crippen LogP contribution in [0.25, 0.3) is 0 Å². The van der Waals surface area contributed by atoms with Gasteiger partial charge in [0.2, 0.25) is 5.91 Å². The molecule has 16 heteroatoms. The average molecular weight is 805 g/mol. The summed E-state index contributed by atoms with van der Waals surface area (Å²) in [6.45, 7) is 0.638. The molecule has 4 aliphatic rings. The number of amides is 2. The Morgan fingerprint density at radius 2 is 1.86 bits per heavy atom. The Morgan fingerprint density at radius 3 is 2.62 bits per heavy atom. The monoisotopic (exact) mass is 804 g/mol. The average Bonchev–Trinajstić information content (AvgIpc) is 3.18. The van der Waals surface area contributed by atoms with E-state index in [1.807, 2.05) is 12.2 Å². The van der Waals surface area contributed by atoms with Crippen LogP contribution in [0.2, 0.25) is 0 Å². The molecule has 0 bridgehead atoms. The van der Waals surface area contributed by atoms with Gasteiger partial charge < -0.3 is 45.3 Å². The molecule has 16 nitrogen and oxygen atoms in total. The minimum Gasteiger partial charge on any atom is -0.496 e. The molecule has 0 spiro atoms. The van der Waals surface area contributed by atoms with Crippen LogP contribution >= 0.6 is 0 Å². The second-order valence-electron chi connectivity index (χ2n) is 15.3. The third-order valence-electron chi connectivity index (χ3n) is 11.2. The molecule has 7 atom stereocenters. The lowest BCUT2D eigenvalue weighted by molar-refractivity contribution is -0.245. The second kappa shape index (κ2) is 18.8. The van der Waals surface area contributed by atoms with E-state index in [9.17, 15) is 39.3 Å². The molecule has 0 radical (unpaired) electrons. The first-order valence-electron chi connectivity index (χ1n) is 19.8. The number of ketones is 3. The van der Waals surface area contributed by atoms with Crippen LogP contribution in [-0.2, 0) is 30.2 Å². The number of allylic oxidation sites excluding steroid dienone is 1. The maximum atomic E-state index is 13.9. The lowest BCUT2D eigenvalue weighted by atomic mass is 9.73. The van der Waals surface area contributed by atoms with Crippen LogP contribution in [0.3, 0.4) is 0 Å². The third kappa shape index (κ3) is 9.71. The molecule has 1 unspecified atom stereocenters. The SMILES string of the molecule is COc1cccc2c1C(=O)c1cc3c(cc1C2=O)C[C@@](O)(/C(CO)=N\NC(=O)CCCC(=O)CNC(=O)OC1/C=C/CCCCC1)C[C@@H]3O[C@H]1C[C@H](N)[C@H](O)[C@H](C)O1. The van der Waals surface area contributed by atoms with Gasteiger partial charge in [-0.3, -0.25) is 19.2 Å². The van der Waals surface area contributed by atoms with E-state index in [2.05, 4.69) is 15.8 Å². The molecule has 1 fully saturated rings. The molecule has 312 valence electrons. The van der Waals surface area contributed by atoms with Crippen LogP contribution in [0.5, 0.6) is 5.75 Å². The smallest absolute Gasteiger partial charge is 0.408 e. The van der Waals surface area contributed by atoms with Gasteiger partial charge in [0, 0.05) is 54.8 Å². The highest BCUT2D eigenvalue weighted by atomic mass is 16.7. The van der Waals surface area contributed by atoms with E-state index in [1.165, 1.54) is 13.2 Å². The first kappa shape index (κ1) is 42.8. The molecule has 0 saturated carbocycles. The van der Waals surface area contributed by atoms with Gasteiger partial charge >= 0.3 is 6.09 Å². The number of carbonyl (C=O) groups excluding carboxylic acids is 5. The molecule has 2 aromatic carbocycles. The van der Waals surface area contributed by atoms with Crippen molar-refractivity contribution in [1.82, 2.24) is 10.7 Å². The normalized spacial score (nSPS) is 27.5. The molecule has 1 aliphatic heterocycles. The molecule has 1 saturated heterocycles. The molecule has 1 heterocycles. The molecule has 3 aliphatic carbocycles. The number of nitrogens with two attached hydrogens (primary N) is 1. The number of rotatable bonds is 13. The summed E-state index contributed by atoms with van der Waals surface area (Å²) in [6.07, 6.45) is 3.86. The van der Waals surface area contributed by atoms with Gasteiger partial charge in [0.15, 0.2) is 23.6 Å². The van der Waals surface area contributed by atoms with E-state index in [-0.39, 0.29) is 90.7 Å². The maximum absolute atomic E-state index is 13.9. The number of hydrogen-bond acceptors (Lipinski definition) is 14. The number of carbonyl (C=O) groups is 5. The Balaban J connectivity index is 1.14. The summed E-state index contributed by atoms with van der Waals surface area (Å²) in [6, 6.07) is 7.19. The number of hydrogen-bond donors (Lipinski definition) is 6. The second-order valence-corrected chi connectivity index (χ2v) is 15.3. The standard InChI is InChI=1S/C42H52N4O12/c1-23-38(50)31(43)18-36(56-23)58-33-20-42(54,19-24-16-29-30(17-28(24)33)40(52)37-27(39(29)51)13-9-14-32(37)55-2)34(22-47)45-46-35(49)15-8-10-25(48)21-44-41(53)57-26-11-6-4-3-5-7-12-26/h6,9,11,13-14,16-17,23,26,31,33,36,38,47,50,54H,3-5,7-8,10,12,15,18-22,43H2,1-2H3,(H,44,53)(H,46,49)/b11-6+,45-34-/t23-,26?,31-,33-,36-,38+,42-/m0/s1. The van der Waals surface area contributed by atoms with Gasteiger partial charge in [-0.05, 0) is 74.4 Å². The number of methoxy groups -OCH3 is 1. The number of benzene rings is 2. The largest absolute Gasteiger partial charge is 0.496 e. The van der Waals surface area contributed by atoms with Crippen molar-refractivity contribution in [1.29, 1.82) is 0 Å². The number of aliphatic hydroxyl groups excluding tert-OH is 2. The van der Waals surface area contributed by atoms with Crippen molar-refractivity contribution in [2.45, 2.75) is 120 Å². The Labute approximate surface area is 336 Å². The molecular formula is C42H52N4O12. The molecule has 0 aromatic heterocycles.